The van der Waals surface area contributed by atoms with Gasteiger partial charge in [0.15, 0.2) is 11.5 Å². The largest absolute Gasteiger partial charge is 0.454 e. The van der Waals surface area contributed by atoms with Crippen molar-refractivity contribution in [2.24, 2.45) is 5.92 Å². The van der Waals surface area contributed by atoms with Crippen LogP contribution in [0.15, 0.2) is 48.5 Å². The summed E-state index contributed by atoms with van der Waals surface area (Å²) in [6.45, 7) is 1.62. The van der Waals surface area contributed by atoms with E-state index >= 15 is 0 Å². The van der Waals surface area contributed by atoms with Gasteiger partial charge in [0, 0.05) is 24.8 Å². The predicted molar refractivity (Wildman–Crippen MR) is 105 cm³/mol. The maximum atomic E-state index is 12.5. The van der Waals surface area contributed by atoms with Crippen LogP contribution in [0.2, 0.25) is 0 Å². The third kappa shape index (κ3) is 4.44. The normalized spacial score (nSPS) is 16.1. The zero-order valence-corrected chi connectivity index (χ0v) is 15.7. The standard InChI is InChI=1S/C22H24N2O4/c25-21(23-18-6-7-19-20(13-18)28-15-27-19)14-22(26)24-10-8-17(9-11-24)12-16-4-2-1-3-5-16/h1-7,13,17H,8-12,14-15H2,(H,23,25). The van der Waals surface area contributed by atoms with Crippen LogP contribution >= 0.6 is 0 Å². The molecule has 0 aliphatic carbocycles. The Morgan fingerprint density at radius 2 is 1.75 bits per heavy atom. The van der Waals surface area contributed by atoms with Gasteiger partial charge in [-0.3, -0.25) is 9.59 Å². The van der Waals surface area contributed by atoms with Crippen molar-refractivity contribution >= 4 is 17.5 Å². The first kappa shape index (κ1) is 18.3. The number of benzene rings is 2. The Morgan fingerprint density at radius 3 is 2.54 bits per heavy atom. The lowest BCUT2D eigenvalue weighted by Gasteiger charge is -2.32. The summed E-state index contributed by atoms with van der Waals surface area (Å²) >= 11 is 0. The van der Waals surface area contributed by atoms with E-state index in [4.69, 9.17) is 9.47 Å². The van der Waals surface area contributed by atoms with Gasteiger partial charge in [0.2, 0.25) is 18.6 Å². The maximum absolute atomic E-state index is 12.5. The summed E-state index contributed by atoms with van der Waals surface area (Å²) in [5.74, 6) is 1.43. The molecule has 2 heterocycles. The van der Waals surface area contributed by atoms with E-state index in [2.05, 4.69) is 29.6 Å². The van der Waals surface area contributed by atoms with Gasteiger partial charge in [0.1, 0.15) is 6.42 Å². The minimum atomic E-state index is -0.310. The first-order valence-electron chi connectivity index (χ1n) is 9.68. The Labute approximate surface area is 164 Å². The van der Waals surface area contributed by atoms with E-state index in [0.717, 1.165) is 19.3 Å². The number of ether oxygens (including phenoxy) is 2. The number of hydrogen-bond donors (Lipinski definition) is 1. The highest BCUT2D eigenvalue weighted by Crippen LogP contribution is 2.34. The fraction of sp³-hybridized carbons (Fsp3) is 0.364. The van der Waals surface area contributed by atoms with Crippen LogP contribution in [-0.2, 0) is 16.0 Å². The Morgan fingerprint density at radius 1 is 1.00 bits per heavy atom. The van der Waals surface area contributed by atoms with Crippen LogP contribution in [0.3, 0.4) is 0 Å². The molecule has 0 unspecified atom stereocenters. The zero-order chi connectivity index (χ0) is 19.3. The van der Waals surface area contributed by atoms with Gasteiger partial charge < -0.3 is 19.7 Å². The highest BCUT2D eigenvalue weighted by Gasteiger charge is 2.24. The van der Waals surface area contributed by atoms with Crippen LogP contribution in [-0.4, -0.2) is 36.6 Å². The quantitative estimate of drug-likeness (QED) is 0.809. The van der Waals surface area contributed by atoms with Crippen molar-refractivity contribution in [2.75, 3.05) is 25.2 Å². The van der Waals surface area contributed by atoms with Gasteiger partial charge in [-0.15, -0.1) is 0 Å². The van der Waals surface area contributed by atoms with Crippen LogP contribution in [0.5, 0.6) is 11.5 Å². The summed E-state index contributed by atoms with van der Waals surface area (Å²) in [7, 11) is 0. The number of hydrogen-bond acceptors (Lipinski definition) is 4. The molecule has 2 aromatic rings. The third-order valence-electron chi connectivity index (χ3n) is 5.30. The summed E-state index contributed by atoms with van der Waals surface area (Å²) in [4.78, 5) is 26.5. The Bertz CT molecular complexity index is 845. The SMILES string of the molecule is O=C(CC(=O)N1CCC(Cc2ccccc2)CC1)Nc1ccc2c(c1)OCO2. The second kappa shape index (κ2) is 8.33. The summed E-state index contributed by atoms with van der Waals surface area (Å²) in [5.41, 5.74) is 1.94. The number of rotatable bonds is 5. The first-order valence-corrected chi connectivity index (χ1v) is 9.68. The number of anilines is 1. The van der Waals surface area contributed by atoms with Crippen LogP contribution in [0.25, 0.3) is 0 Å². The molecule has 4 rings (SSSR count). The van der Waals surface area contributed by atoms with Crippen LogP contribution in [0, 0.1) is 5.92 Å². The van der Waals surface area contributed by atoms with Gasteiger partial charge >= 0.3 is 0 Å². The number of nitrogens with one attached hydrogen (secondary N) is 1. The van der Waals surface area contributed by atoms with Gasteiger partial charge in [-0.05, 0) is 42.9 Å². The molecule has 1 N–H and O–H groups in total. The molecule has 0 atom stereocenters. The molecular weight excluding hydrogens is 356 g/mol. The minimum Gasteiger partial charge on any atom is -0.454 e. The topological polar surface area (TPSA) is 67.9 Å². The molecule has 2 amide bonds. The third-order valence-corrected chi connectivity index (χ3v) is 5.30. The second-order valence-corrected chi connectivity index (χ2v) is 7.31. The van der Waals surface area contributed by atoms with Gasteiger partial charge in [0.25, 0.3) is 0 Å². The molecule has 146 valence electrons. The van der Waals surface area contributed by atoms with E-state index in [9.17, 15) is 9.59 Å². The number of carbonyl (C=O) groups excluding carboxylic acids is 2. The number of amides is 2. The molecule has 6 nitrogen and oxygen atoms in total. The molecule has 1 fully saturated rings. The Kier molecular flexibility index (Phi) is 5.46. The van der Waals surface area contributed by atoms with E-state index in [1.54, 1.807) is 23.1 Å². The van der Waals surface area contributed by atoms with Crippen molar-refractivity contribution in [1.29, 1.82) is 0 Å². The monoisotopic (exact) mass is 380 g/mol. The lowest BCUT2D eigenvalue weighted by atomic mass is 9.90. The number of fused-ring (bicyclic) bond motifs is 1. The fourth-order valence-electron chi connectivity index (χ4n) is 3.76. The van der Waals surface area contributed by atoms with E-state index < -0.39 is 0 Å². The Balaban J connectivity index is 1.23. The van der Waals surface area contributed by atoms with Crippen molar-refractivity contribution in [3.8, 4) is 11.5 Å². The maximum Gasteiger partial charge on any atom is 0.233 e. The molecule has 2 aromatic carbocycles. The van der Waals surface area contributed by atoms with Crippen LogP contribution in [0.1, 0.15) is 24.8 Å². The highest BCUT2D eigenvalue weighted by molar-refractivity contribution is 6.03. The highest BCUT2D eigenvalue weighted by atomic mass is 16.7. The second-order valence-electron chi connectivity index (χ2n) is 7.31. The van der Waals surface area contributed by atoms with E-state index in [1.165, 1.54) is 5.56 Å². The lowest BCUT2D eigenvalue weighted by molar-refractivity contribution is -0.135. The number of likely N-dealkylation sites (tertiary alicyclic amines) is 1. The molecule has 0 radical (unpaired) electrons. The van der Waals surface area contributed by atoms with E-state index in [1.807, 2.05) is 6.07 Å². The van der Waals surface area contributed by atoms with Gasteiger partial charge in [-0.1, -0.05) is 30.3 Å². The molecule has 2 aliphatic heterocycles. The van der Waals surface area contributed by atoms with Crippen LogP contribution < -0.4 is 14.8 Å². The number of carbonyl (C=O) groups is 2. The zero-order valence-electron chi connectivity index (χ0n) is 15.7. The predicted octanol–water partition coefficient (Wildman–Crippen LogP) is 3.23. The van der Waals surface area contributed by atoms with Crippen molar-refractivity contribution in [3.05, 3.63) is 54.1 Å². The number of nitrogens with zero attached hydrogens (tertiary/aromatic N) is 1. The van der Waals surface area contributed by atoms with Crippen molar-refractivity contribution in [3.63, 3.8) is 0 Å². The lowest BCUT2D eigenvalue weighted by Crippen LogP contribution is -2.40. The molecule has 28 heavy (non-hydrogen) atoms. The van der Waals surface area contributed by atoms with Gasteiger partial charge in [-0.2, -0.15) is 0 Å². The summed E-state index contributed by atoms with van der Waals surface area (Å²) in [5, 5.41) is 2.76. The molecule has 6 heteroatoms. The molecule has 1 saturated heterocycles. The molecule has 0 spiro atoms. The van der Waals surface area contributed by atoms with Crippen molar-refractivity contribution in [1.82, 2.24) is 4.90 Å². The fourth-order valence-corrected chi connectivity index (χ4v) is 3.76. The van der Waals surface area contributed by atoms with E-state index in [0.29, 0.717) is 36.2 Å². The van der Waals surface area contributed by atoms with Crippen LogP contribution in [0.4, 0.5) is 5.69 Å². The van der Waals surface area contributed by atoms with Crippen molar-refractivity contribution < 1.29 is 19.1 Å². The average molecular weight is 380 g/mol. The van der Waals surface area contributed by atoms with Gasteiger partial charge in [0.05, 0.1) is 0 Å². The summed E-state index contributed by atoms with van der Waals surface area (Å²) in [6, 6.07) is 15.6. The minimum absolute atomic E-state index is 0.114. The molecule has 0 aromatic heterocycles. The van der Waals surface area contributed by atoms with Gasteiger partial charge in [-0.25, -0.2) is 0 Å². The first-order chi connectivity index (χ1) is 13.7. The van der Waals surface area contributed by atoms with E-state index in [-0.39, 0.29) is 25.0 Å². The smallest absolute Gasteiger partial charge is 0.233 e. The molecule has 0 bridgehead atoms. The molecule has 0 saturated carbocycles. The van der Waals surface area contributed by atoms with Crippen molar-refractivity contribution in [2.45, 2.75) is 25.7 Å². The summed E-state index contributed by atoms with van der Waals surface area (Å²) < 4.78 is 10.6. The number of piperidine rings is 1. The Hall–Kier alpha value is -3.02. The average Bonchev–Trinajstić information content (AvgIpc) is 3.17. The summed E-state index contributed by atoms with van der Waals surface area (Å²) in [6.07, 6.45) is 2.86. The molecule has 2 aliphatic rings. The molecular formula is C22H24N2O4.